The maximum Gasteiger partial charge on any atom is 0.404 e. The Labute approximate surface area is 211 Å². The number of nitrogens with one attached hydrogen (secondary N) is 2. The van der Waals surface area contributed by atoms with Gasteiger partial charge >= 0.3 is 6.09 Å². The lowest BCUT2D eigenvalue weighted by Gasteiger charge is -2.31. The van der Waals surface area contributed by atoms with E-state index >= 15 is 0 Å². The number of carboxylic acid groups (broad SMARTS) is 1. The summed E-state index contributed by atoms with van der Waals surface area (Å²) < 4.78 is 2.85. The van der Waals surface area contributed by atoms with Crippen LogP contribution in [-0.4, -0.2) is 56.9 Å². The van der Waals surface area contributed by atoms with Gasteiger partial charge in [-0.1, -0.05) is 15.9 Å². The van der Waals surface area contributed by atoms with Gasteiger partial charge in [0.25, 0.3) is 0 Å². The van der Waals surface area contributed by atoms with Crippen LogP contribution in [0.15, 0.2) is 41.0 Å². The van der Waals surface area contributed by atoms with Crippen LogP contribution < -0.4 is 10.6 Å². The van der Waals surface area contributed by atoms with E-state index in [0.717, 1.165) is 22.2 Å². The van der Waals surface area contributed by atoms with Gasteiger partial charge in [0.2, 0.25) is 11.8 Å². The number of carbonyl (C=O) groups excluding carboxylic acids is 3. The molecular formula is C25H27BrN4O5. The molecule has 9 nitrogen and oxygen atoms in total. The summed E-state index contributed by atoms with van der Waals surface area (Å²) in [5, 5.41) is 14.7. The number of likely N-dealkylation sites (tertiary alicyclic amines) is 1. The molecule has 3 aliphatic rings. The highest BCUT2D eigenvalue weighted by molar-refractivity contribution is 9.10. The van der Waals surface area contributed by atoms with E-state index in [4.69, 9.17) is 0 Å². The molecule has 184 valence electrons. The van der Waals surface area contributed by atoms with Crippen LogP contribution in [0.3, 0.4) is 0 Å². The first kappa shape index (κ1) is 23.6. The average molecular weight is 543 g/mol. The molecule has 1 fully saturated rings. The summed E-state index contributed by atoms with van der Waals surface area (Å²) >= 11 is 3.38. The zero-order valence-electron chi connectivity index (χ0n) is 19.1. The molecular weight excluding hydrogens is 516 g/mol. The molecule has 1 saturated heterocycles. The Hall–Kier alpha value is -3.14. The quantitative estimate of drug-likeness (QED) is 0.548. The smallest absolute Gasteiger partial charge is 0.404 e. The van der Waals surface area contributed by atoms with E-state index < -0.39 is 30.0 Å². The van der Waals surface area contributed by atoms with Crippen LogP contribution in [0, 0.1) is 5.92 Å². The maximum absolute atomic E-state index is 13.7. The van der Waals surface area contributed by atoms with Gasteiger partial charge in [0.05, 0.1) is 11.8 Å². The van der Waals surface area contributed by atoms with Crippen LogP contribution in [0.4, 0.5) is 10.5 Å². The van der Waals surface area contributed by atoms with Gasteiger partial charge in [0.1, 0.15) is 11.8 Å². The van der Waals surface area contributed by atoms with Gasteiger partial charge in [-0.15, -0.1) is 0 Å². The molecule has 2 aromatic rings. The van der Waals surface area contributed by atoms with E-state index in [1.54, 1.807) is 17.0 Å². The fourth-order valence-electron chi connectivity index (χ4n) is 5.77. The van der Waals surface area contributed by atoms with Crippen LogP contribution in [-0.2, 0) is 27.3 Å². The van der Waals surface area contributed by atoms with Crippen molar-refractivity contribution in [2.45, 2.75) is 56.7 Å². The molecule has 3 amide bonds. The highest BCUT2D eigenvalue weighted by atomic mass is 79.9. The van der Waals surface area contributed by atoms with Crippen molar-refractivity contribution in [3.63, 3.8) is 0 Å². The number of hydrogen-bond donors (Lipinski definition) is 3. The number of amides is 3. The van der Waals surface area contributed by atoms with Gasteiger partial charge in [-0.25, -0.2) is 4.79 Å². The Bertz CT molecular complexity index is 1180. The number of benzene rings is 1. The van der Waals surface area contributed by atoms with Crippen LogP contribution >= 0.6 is 15.9 Å². The summed E-state index contributed by atoms with van der Waals surface area (Å²) in [5.74, 6) is -1.76. The summed E-state index contributed by atoms with van der Waals surface area (Å²) in [6.45, 7) is 0.812. The topological polar surface area (TPSA) is 121 Å². The molecule has 10 heteroatoms. The van der Waals surface area contributed by atoms with Gasteiger partial charge in [0, 0.05) is 47.6 Å². The number of ketones is 1. The van der Waals surface area contributed by atoms with Gasteiger partial charge in [-0.2, -0.15) is 0 Å². The molecule has 35 heavy (non-hydrogen) atoms. The van der Waals surface area contributed by atoms with Crippen LogP contribution in [0.2, 0.25) is 0 Å². The molecule has 0 radical (unpaired) electrons. The van der Waals surface area contributed by atoms with Crippen LogP contribution in [0.5, 0.6) is 0 Å². The lowest BCUT2D eigenvalue weighted by molar-refractivity contribution is -0.142. The summed E-state index contributed by atoms with van der Waals surface area (Å²) in [6, 6.07) is 8.13. The Morgan fingerprint density at radius 2 is 1.86 bits per heavy atom. The number of nitrogens with zero attached hydrogens (tertiary/aromatic N) is 2. The summed E-state index contributed by atoms with van der Waals surface area (Å²) in [5.41, 5.74) is 2.51. The number of rotatable bonds is 4. The number of carbonyl (C=O) groups is 4. The molecule has 5 rings (SSSR count). The van der Waals surface area contributed by atoms with Crippen LogP contribution in [0.1, 0.15) is 42.9 Å². The lowest BCUT2D eigenvalue weighted by Crippen LogP contribution is -2.47. The van der Waals surface area contributed by atoms with Crippen molar-refractivity contribution in [1.82, 2.24) is 14.8 Å². The number of aryl methyl sites for hydroxylation is 1. The van der Waals surface area contributed by atoms with Crippen molar-refractivity contribution < 1.29 is 24.3 Å². The monoisotopic (exact) mass is 542 g/mol. The van der Waals surface area contributed by atoms with Crippen molar-refractivity contribution in [3.05, 3.63) is 52.3 Å². The van der Waals surface area contributed by atoms with Crippen molar-refractivity contribution in [1.29, 1.82) is 0 Å². The van der Waals surface area contributed by atoms with Gasteiger partial charge < -0.3 is 25.2 Å². The molecule has 1 unspecified atom stereocenters. The van der Waals surface area contributed by atoms with E-state index in [-0.39, 0.29) is 24.0 Å². The first-order valence-electron chi connectivity index (χ1n) is 11.9. The normalized spacial score (nSPS) is 25.5. The fraction of sp³-hybridized carbons (Fsp3) is 0.440. The third-order valence-corrected chi connectivity index (χ3v) is 7.86. The Balaban J connectivity index is 1.35. The van der Waals surface area contributed by atoms with Crippen LogP contribution in [0.25, 0.3) is 0 Å². The highest BCUT2D eigenvalue weighted by Crippen LogP contribution is 2.38. The second-order valence-corrected chi connectivity index (χ2v) is 10.4. The zero-order chi connectivity index (χ0) is 24.7. The highest BCUT2D eigenvalue weighted by Gasteiger charge is 2.44. The average Bonchev–Trinajstić information content (AvgIpc) is 3.43. The second kappa shape index (κ2) is 9.49. The number of aromatic nitrogens is 1. The van der Waals surface area contributed by atoms with E-state index in [2.05, 4.69) is 26.6 Å². The number of Topliss-reactive ketones (excluding diaryl/α,β-unsaturated/α-hetero) is 1. The molecule has 0 spiro atoms. The van der Waals surface area contributed by atoms with Crippen molar-refractivity contribution >= 4 is 45.3 Å². The van der Waals surface area contributed by atoms with E-state index in [0.29, 0.717) is 38.0 Å². The first-order valence-corrected chi connectivity index (χ1v) is 12.7. The molecule has 3 N–H and O–H groups in total. The molecule has 0 bridgehead atoms. The number of hydrogen-bond acceptors (Lipinski definition) is 4. The van der Waals surface area contributed by atoms with E-state index in [1.165, 1.54) is 0 Å². The SMILES string of the molecule is O=C(O)N[C@H]1CCc2ccn3c2C1C(=O)C[C@H](C(=O)N1CCC[C@H]1C(=O)Nc1ccc(Br)cc1)C3. The minimum Gasteiger partial charge on any atom is -0.465 e. The molecule has 1 aromatic heterocycles. The molecule has 1 aliphatic carbocycles. The second-order valence-electron chi connectivity index (χ2n) is 9.50. The third-order valence-electron chi connectivity index (χ3n) is 7.34. The lowest BCUT2D eigenvalue weighted by atomic mass is 9.79. The Morgan fingerprint density at radius 1 is 1.09 bits per heavy atom. The molecule has 2 aliphatic heterocycles. The number of anilines is 1. The summed E-state index contributed by atoms with van der Waals surface area (Å²) in [7, 11) is 0. The summed E-state index contributed by atoms with van der Waals surface area (Å²) in [6.07, 6.45) is 3.28. The van der Waals surface area contributed by atoms with Gasteiger partial charge in [-0.05, 0) is 61.6 Å². The minimum absolute atomic E-state index is 0.0277. The molecule has 0 saturated carbocycles. The standard InChI is InChI=1S/C25H27BrN4O5/c26-16-4-6-17(7-5-16)27-23(32)19-2-1-10-30(19)24(33)15-12-20(31)21-18(28-25(34)35)8-3-14-9-11-29(13-15)22(14)21/h4-7,9,11,15,18-19,21,28H,1-3,8,10,12-13H2,(H,27,32)(H,34,35)/t15-,18-,19-,21?/m0/s1. The molecule has 4 atom stereocenters. The zero-order valence-corrected chi connectivity index (χ0v) is 20.7. The van der Waals surface area contributed by atoms with Gasteiger partial charge in [0.15, 0.2) is 0 Å². The van der Waals surface area contributed by atoms with Crippen molar-refractivity contribution in [3.8, 4) is 0 Å². The Kier molecular flexibility index (Phi) is 6.39. The maximum atomic E-state index is 13.7. The Morgan fingerprint density at radius 3 is 2.60 bits per heavy atom. The predicted molar refractivity (Wildman–Crippen MR) is 131 cm³/mol. The first-order chi connectivity index (χ1) is 16.8. The molecule has 3 heterocycles. The van der Waals surface area contributed by atoms with Gasteiger partial charge in [-0.3, -0.25) is 14.4 Å². The fourth-order valence-corrected chi connectivity index (χ4v) is 6.04. The summed E-state index contributed by atoms with van der Waals surface area (Å²) in [4.78, 5) is 53.0. The van der Waals surface area contributed by atoms with Crippen molar-refractivity contribution in [2.24, 2.45) is 5.92 Å². The van der Waals surface area contributed by atoms with E-state index in [1.807, 2.05) is 29.0 Å². The number of halogens is 1. The minimum atomic E-state index is -1.15. The third kappa shape index (κ3) is 4.59. The largest absolute Gasteiger partial charge is 0.465 e. The van der Waals surface area contributed by atoms with Crippen molar-refractivity contribution in [2.75, 3.05) is 11.9 Å². The van der Waals surface area contributed by atoms with E-state index in [9.17, 15) is 24.3 Å². The predicted octanol–water partition coefficient (Wildman–Crippen LogP) is 3.14. The molecule has 1 aromatic carbocycles.